The van der Waals surface area contributed by atoms with E-state index in [9.17, 15) is 20.1 Å². The van der Waals surface area contributed by atoms with E-state index in [0.29, 0.717) is 18.4 Å². The van der Waals surface area contributed by atoms with Gasteiger partial charge < -0.3 is 35.4 Å². The topological polar surface area (TPSA) is 120 Å². The highest BCUT2D eigenvalue weighted by atomic mass is 35.5. The summed E-state index contributed by atoms with van der Waals surface area (Å²) in [6, 6.07) is -1.27. The molecule has 2 saturated heterocycles. The Bertz CT molecular complexity index is 679. The predicted molar refractivity (Wildman–Crippen MR) is 109 cm³/mol. The van der Waals surface area contributed by atoms with Crippen molar-refractivity contribution >= 4 is 29.3 Å². The van der Waals surface area contributed by atoms with E-state index in [1.54, 1.807) is 13.2 Å². The van der Waals surface area contributed by atoms with E-state index in [2.05, 4.69) is 10.6 Å². The molecule has 3 heterocycles. The fourth-order valence-electron chi connectivity index (χ4n) is 4.77. The molecular weight excluding hydrogens is 420 g/mol. The summed E-state index contributed by atoms with van der Waals surface area (Å²) in [6.45, 7) is 3.12. The van der Waals surface area contributed by atoms with Gasteiger partial charge in [-0.2, -0.15) is 0 Å². The predicted octanol–water partition coefficient (Wildman–Crippen LogP) is 0.888. The highest BCUT2D eigenvalue weighted by molar-refractivity contribution is 7.99. The van der Waals surface area contributed by atoms with Crippen LogP contribution in [0.15, 0.2) is 11.5 Å². The minimum Gasteiger partial charge on any atom is -0.506 e. The van der Waals surface area contributed by atoms with Gasteiger partial charge in [-0.1, -0.05) is 0 Å². The number of hydrogen-bond acceptors (Lipinski definition) is 8. The van der Waals surface area contributed by atoms with Crippen molar-refractivity contribution in [3.8, 4) is 0 Å². The summed E-state index contributed by atoms with van der Waals surface area (Å²) in [5.74, 6) is 0.441. The molecule has 10 heteroatoms. The zero-order valence-corrected chi connectivity index (χ0v) is 18.0. The summed E-state index contributed by atoms with van der Waals surface area (Å²) in [4.78, 5) is 13.1. The van der Waals surface area contributed by atoms with Crippen LogP contribution in [0.3, 0.4) is 0 Å². The van der Waals surface area contributed by atoms with Crippen LogP contribution >= 0.6 is 23.4 Å². The largest absolute Gasteiger partial charge is 0.506 e. The van der Waals surface area contributed by atoms with E-state index < -0.39 is 46.6 Å². The molecule has 0 aromatic heterocycles. The molecule has 0 bridgehead atoms. The van der Waals surface area contributed by atoms with E-state index in [1.807, 2.05) is 0 Å². The van der Waals surface area contributed by atoms with Gasteiger partial charge >= 0.3 is 0 Å². The van der Waals surface area contributed by atoms with Crippen LogP contribution in [0.25, 0.3) is 0 Å². The molecule has 29 heavy (non-hydrogen) atoms. The number of thioether (sulfide) groups is 1. The maximum atomic E-state index is 13.1. The van der Waals surface area contributed by atoms with Gasteiger partial charge in [0.05, 0.1) is 24.1 Å². The highest BCUT2D eigenvalue weighted by Crippen LogP contribution is 2.48. The number of halogens is 1. The van der Waals surface area contributed by atoms with Gasteiger partial charge in [0.1, 0.15) is 18.2 Å². The standard InChI is InChI=1S/C19H29ClN2O6S/c1-7(20)11(17-14(24)13(23)15(25)19(28-17)29-2)22-18(26)12-16-9(5-21-12)3-8-4-10(8)6-27-16/h7-12,14,16-17,19,21,23-25H,3-6H2,1-2H3,(H,22,26)/t7?,8?,9?,10?,11?,12-,14?,16?,17?,19?/m0/s1. The quantitative estimate of drug-likeness (QED) is 0.393. The summed E-state index contributed by atoms with van der Waals surface area (Å²) < 4.78 is 11.8. The van der Waals surface area contributed by atoms with Gasteiger partial charge in [-0.15, -0.1) is 23.4 Å². The number of aliphatic hydroxyl groups excluding tert-OH is 3. The van der Waals surface area contributed by atoms with Crippen LogP contribution in [0.2, 0.25) is 0 Å². The summed E-state index contributed by atoms with van der Waals surface area (Å²) in [5, 5.41) is 36.1. The maximum Gasteiger partial charge on any atom is 0.240 e. The van der Waals surface area contributed by atoms with Gasteiger partial charge in [-0.3, -0.25) is 4.79 Å². The van der Waals surface area contributed by atoms with E-state index in [0.717, 1.165) is 18.9 Å². The first-order valence-corrected chi connectivity index (χ1v) is 11.8. The van der Waals surface area contributed by atoms with Crippen LogP contribution < -0.4 is 10.6 Å². The molecule has 4 rings (SSSR count). The Kier molecular flexibility index (Phi) is 6.26. The zero-order chi connectivity index (χ0) is 20.9. The third-order valence-corrected chi connectivity index (χ3v) is 7.62. The lowest BCUT2D eigenvalue weighted by atomic mass is 9.94. The van der Waals surface area contributed by atoms with E-state index >= 15 is 0 Å². The number of nitrogens with one attached hydrogen (secondary N) is 2. The first-order valence-electron chi connectivity index (χ1n) is 10.1. The zero-order valence-electron chi connectivity index (χ0n) is 16.5. The number of alkyl halides is 1. The lowest BCUT2D eigenvalue weighted by Gasteiger charge is -2.38. The minimum atomic E-state index is -1.49. The molecule has 10 atom stereocenters. The highest BCUT2D eigenvalue weighted by Gasteiger charge is 2.51. The van der Waals surface area contributed by atoms with E-state index in [-0.39, 0.29) is 12.0 Å². The van der Waals surface area contributed by atoms with Crippen molar-refractivity contribution in [2.24, 2.45) is 17.8 Å². The first kappa shape index (κ1) is 21.5. The second kappa shape index (κ2) is 8.43. The third kappa shape index (κ3) is 4.09. The molecular formula is C19H29ClN2O6S. The fourth-order valence-corrected chi connectivity index (χ4v) is 5.56. The molecule has 5 N–H and O–H groups in total. The van der Waals surface area contributed by atoms with Gasteiger partial charge in [0.2, 0.25) is 5.91 Å². The van der Waals surface area contributed by atoms with Crippen molar-refractivity contribution in [2.75, 3.05) is 19.4 Å². The Morgan fingerprint density at radius 1 is 1.28 bits per heavy atom. The molecule has 164 valence electrons. The van der Waals surface area contributed by atoms with Crippen molar-refractivity contribution in [1.29, 1.82) is 0 Å². The number of hydrogen-bond donors (Lipinski definition) is 5. The van der Waals surface area contributed by atoms with Crippen molar-refractivity contribution in [3.05, 3.63) is 11.5 Å². The van der Waals surface area contributed by atoms with Crippen LogP contribution in [0, 0.1) is 17.8 Å². The van der Waals surface area contributed by atoms with Gasteiger partial charge in [-0.05, 0) is 43.8 Å². The number of ether oxygens (including phenoxy) is 2. The van der Waals surface area contributed by atoms with Crippen LogP contribution in [0.4, 0.5) is 0 Å². The van der Waals surface area contributed by atoms with Crippen LogP contribution in [0.1, 0.15) is 19.8 Å². The average molecular weight is 449 g/mol. The number of carbonyl (C=O) groups excluding carboxylic acids is 1. The van der Waals surface area contributed by atoms with Crippen LogP contribution in [0.5, 0.6) is 0 Å². The Morgan fingerprint density at radius 3 is 2.69 bits per heavy atom. The lowest BCUT2D eigenvalue weighted by Crippen LogP contribution is -2.60. The average Bonchev–Trinajstić information content (AvgIpc) is 3.35. The number of aliphatic hydroxyl groups is 3. The molecule has 3 aliphatic heterocycles. The van der Waals surface area contributed by atoms with Gasteiger partial charge in [-0.25, -0.2) is 0 Å². The van der Waals surface area contributed by atoms with Crippen LogP contribution in [-0.4, -0.2) is 81.8 Å². The summed E-state index contributed by atoms with van der Waals surface area (Å²) >= 11 is 7.50. The smallest absolute Gasteiger partial charge is 0.240 e. The maximum absolute atomic E-state index is 13.1. The Morgan fingerprint density at radius 2 is 2.00 bits per heavy atom. The molecule has 0 spiro atoms. The molecule has 9 unspecified atom stereocenters. The lowest BCUT2D eigenvalue weighted by molar-refractivity contribution is -0.131. The number of amides is 1. The Labute approximate surface area is 179 Å². The van der Waals surface area contributed by atoms with Gasteiger partial charge in [0.25, 0.3) is 0 Å². The minimum absolute atomic E-state index is 0.178. The summed E-state index contributed by atoms with van der Waals surface area (Å²) in [5.41, 5.74) is -0.843. The van der Waals surface area contributed by atoms with Gasteiger partial charge in [0, 0.05) is 6.54 Å². The van der Waals surface area contributed by atoms with Crippen molar-refractivity contribution in [3.63, 3.8) is 0 Å². The third-order valence-electron chi connectivity index (χ3n) is 6.58. The first-order chi connectivity index (χ1) is 13.8. The number of carbonyl (C=O) groups is 1. The molecule has 3 fully saturated rings. The number of fused-ring (bicyclic) bond motifs is 2. The summed E-state index contributed by atoms with van der Waals surface area (Å²) in [7, 11) is 0. The second-order valence-electron chi connectivity index (χ2n) is 8.53. The molecule has 0 radical (unpaired) electrons. The van der Waals surface area contributed by atoms with E-state index in [4.69, 9.17) is 21.1 Å². The number of rotatable bonds is 5. The Hall–Kier alpha value is -0.710. The molecule has 1 aliphatic carbocycles. The molecule has 1 saturated carbocycles. The fraction of sp³-hybridized carbons (Fsp3) is 0.842. The normalized spacial score (nSPS) is 43.7. The Balaban J connectivity index is 1.46. The van der Waals surface area contributed by atoms with Crippen molar-refractivity contribution in [1.82, 2.24) is 10.6 Å². The van der Waals surface area contributed by atoms with E-state index in [1.165, 1.54) is 18.2 Å². The SMILES string of the molecule is CSC1OC(C(NC(=O)[C@H]2NCC3CC4CC4COC32)C(C)Cl)C(O)C(O)=C1O. The second-order valence-corrected chi connectivity index (χ2v) is 10.1. The van der Waals surface area contributed by atoms with Crippen LogP contribution in [-0.2, 0) is 14.3 Å². The molecule has 1 amide bonds. The molecule has 8 nitrogen and oxygen atoms in total. The summed E-state index contributed by atoms with van der Waals surface area (Å²) in [6.07, 6.45) is 1.34. The van der Waals surface area contributed by atoms with Crippen molar-refractivity contribution in [2.45, 2.75) is 61.0 Å². The monoisotopic (exact) mass is 448 g/mol. The molecule has 4 aliphatic rings. The van der Waals surface area contributed by atoms with Crippen molar-refractivity contribution < 1.29 is 29.6 Å². The molecule has 0 aromatic rings. The molecule has 0 aromatic carbocycles. The van der Waals surface area contributed by atoms with Gasteiger partial charge in [0.15, 0.2) is 17.0 Å².